The molecule has 0 spiro atoms. The van der Waals surface area contributed by atoms with Gasteiger partial charge in [-0.15, -0.1) is 0 Å². The van der Waals surface area contributed by atoms with Crippen LogP contribution < -0.4 is 10.6 Å². The Balaban J connectivity index is 1.67. The van der Waals surface area contributed by atoms with E-state index in [-0.39, 0.29) is 5.82 Å². The van der Waals surface area contributed by atoms with E-state index in [4.69, 9.17) is 12.2 Å². The topological polar surface area (TPSA) is 37.0 Å². The number of benzene rings is 2. The normalized spacial score (nSPS) is 10.4. The fraction of sp³-hybridized carbons (Fsp3) is 0.0588. The van der Waals surface area contributed by atoms with E-state index in [9.17, 15) is 4.39 Å². The number of nitrogens with one attached hydrogen (secondary N) is 2. The summed E-state index contributed by atoms with van der Waals surface area (Å²) < 4.78 is 12.9. The molecule has 2 aromatic carbocycles. The summed E-state index contributed by atoms with van der Waals surface area (Å²) in [5.41, 5.74) is 2.69. The summed E-state index contributed by atoms with van der Waals surface area (Å²) in [4.78, 5) is 4.37. The van der Waals surface area contributed by atoms with Gasteiger partial charge in [-0.05, 0) is 42.0 Å². The number of halogens is 1. The minimum Gasteiger partial charge on any atom is -0.358 e. The largest absolute Gasteiger partial charge is 0.358 e. The molecule has 5 heteroatoms. The number of rotatable bonds is 3. The molecule has 22 heavy (non-hydrogen) atoms. The van der Waals surface area contributed by atoms with Gasteiger partial charge in [-0.1, -0.05) is 30.3 Å². The first-order chi connectivity index (χ1) is 10.7. The van der Waals surface area contributed by atoms with Gasteiger partial charge in [0, 0.05) is 18.1 Å². The van der Waals surface area contributed by atoms with Crippen LogP contribution in [0.25, 0.3) is 10.9 Å². The number of nitrogens with zero attached hydrogens (tertiary/aromatic N) is 1. The van der Waals surface area contributed by atoms with Crippen molar-refractivity contribution in [2.45, 2.75) is 6.54 Å². The number of hydrogen-bond donors (Lipinski definition) is 2. The lowest BCUT2D eigenvalue weighted by molar-refractivity contribution is 0.627. The highest BCUT2D eigenvalue weighted by Crippen LogP contribution is 2.20. The number of fused-ring (bicyclic) bond motifs is 1. The predicted molar refractivity (Wildman–Crippen MR) is 91.2 cm³/mol. The Hall–Kier alpha value is -2.53. The fourth-order valence-corrected chi connectivity index (χ4v) is 2.34. The molecule has 3 nitrogen and oxygen atoms in total. The monoisotopic (exact) mass is 311 g/mol. The van der Waals surface area contributed by atoms with Crippen LogP contribution in [0.4, 0.5) is 10.1 Å². The van der Waals surface area contributed by atoms with E-state index >= 15 is 0 Å². The summed E-state index contributed by atoms with van der Waals surface area (Å²) in [7, 11) is 0. The summed E-state index contributed by atoms with van der Waals surface area (Å²) in [5.74, 6) is -0.244. The lowest BCUT2D eigenvalue weighted by Gasteiger charge is -2.12. The molecule has 0 bridgehead atoms. The molecule has 0 saturated carbocycles. The predicted octanol–water partition coefficient (Wildman–Crippen LogP) is 3.86. The smallest absolute Gasteiger partial charge is 0.171 e. The molecule has 1 heterocycles. The number of hydrogen-bond acceptors (Lipinski definition) is 2. The SMILES string of the molecule is Fc1ccc(CNC(=S)Nc2cccc3cccnc23)cc1. The molecule has 0 radical (unpaired) electrons. The van der Waals surface area contributed by atoms with Gasteiger partial charge in [0.2, 0.25) is 0 Å². The molecule has 3 aromatic rings. The Morgan fingerprint density at radius 2 is 1.82 bits per heavy atom. The minimum absolute atomic E-state index is 0.244. The number of aromatic nitrogens is 1. The van der Waals surface area contributed by atoms with Crippen molar-refractivity contribution in [1.29, 1.82) is 0 Å². The van der Waals surface area contributed by atoms with E-state index in [0.29, 0.717) is 11.7 Å². The lowest BCUT2D eigenvalue weighted by Crippen LogP contribution is -2.28. The van der Waals surface area contributed by atoms with Crippen LogP contribution in [0.3, 0.4) is 0 Å². The first kappa shape index (κ1) is 14.4. The van der Waals surface area contributed by atoms with Crippen LogP contribution >= 0.6 is 12.2 Å². The van der Waals surface area contributed by atoms with Gasteiger partial charge in [0.1, 0.15) is 5.82 Å². The Kier molecular flexibility index (Phi) is 4.25. The Labute approximate surface area is 133 Å². The van der Waals surface area contributed by atoms with Crippen molar-refractivity contribution in [1.82, 2.24) is 10.3 Å². The quantitative estimate of drug-likeness (QED) is 0.720. The Morgan fingerprint density at radius 3 is 2.64 bits per heavy atom. The number of anilines is 1. The molecule has 2 N–H and O–H groups in total. The zero-order valence-electron chi connectivity index (χ0n) is 11.7. The molecular formula is C17H14FN3S. The maximum atomic E-state index is 12.9. The summed E-state index contributed by atoms with van der Waals surface area (Å²) >= 11 is 5.30. The third kappa shape index (κ3) is 3.38. The summed E-state index contributed by atoms with van der Waals surface area (Å²) in [6.45, 7) is 0.532. The average molecular weight is 311 g/mol. The van der Waals surface area contributed by atoms with Crippen LogP contribution in [0, 0.1) is 5.82 Å². The zero-order valence-corrected chi connectivity index (χ0v) is 12.5. The molecule has 0 atom stereocenters. The zero-order chi connectivity index (χ0) is 15.4. The maximum absolute atomic E-state index is 12.9. The first-order valence-corrected chi connectivity index (χ1v) is 7.26. The minimum atomic E-state index is -0.244. The van der Waals surface area contributed by atoms with Crippen molar-refractivity contribution in [3.05, 3.63) is 72.2 Å². The van der Waals surface area contributed by atoms with Crippen LogP contribution in [0.1, 0.15) is 5.56 Å². The van der Waals surface area contributed by atoms with Crippen molar-refractivity contribution in [2.24, 2.45) is 0 Å². The summed E-state index contributed by atoms with van der Waals surface area (Å²) in [6.07, 6.45) is 1.75. The van der Waals surface area contributed by atoms with Crippen molar-refractivity contribution >= 4 is 33.9 Å². The van der Waals surface area contributed by atoms with Crippen molar-refractivity contribution < 1.29 is 4.39 Å². The van der Waals surface area contributed by atoms with Crippen LogP contribution in [0.2, 0.25) is 0 Å². The Bertz CT molecular complexity index is 797. The third-order valence-electron chi connectivity index (χ3n) is 3.25. The molecule has 0 aliphatic carbocycles. The third-order valence-corrected chi connectivity index (χ3v) is 3.49. The fourth-order valence-electron chi connectivity index (χ4n) is 2.16. The summed E-state index contributed by atoms with van der Waals surface area (Å²) in [6, 6.07) is 16.1. The number of thiocarbonyl (C=S) groups is 1. The van der Waals surface area contributed by atoms with Crippen molar-refractivity contribution in [2.75, 3.05) is 5.32 Å². The van der Waals surface area contributed by atoms with E-state index in [1.165, 1.54) is 12.1 Å². The second kappa shape index (κ2) is 6.49. The molecule has 0 saturated heterocycles. The molecule has 1 aromatic heterocycles. The van der Waals surface area contributed by atoms with E-state index in [2.05, 4.69) is 15.6 Å². The van der Waals surface area contributed by atoms with E-state index in [1.807, 2.05) is 30.3 Å². The molecule has 0 aliphatic rings. The highest BCUT2D eigenvalue weighted by Gasteiger charge is 2.03. The van der Waals surface area contributed by atoms with E-state index < -0.39 is 0 Å². The Morgan fingerprint density at radius 1 is 1.05 bits per heavy atom. The highest BCUT2D eigenvalue weighted by molar-refractivity contribution is 7.80. The summed E-state index contributed by atoms with van der Waals surface area (Å²) in [5, 5.41) is 7.80. The maximum Gasteiger partial charge on any atom is 0.171 e. The standard InChI is InChI=1S/C17H14FN3S/c18-14-8-6-12(7-9-14)11-20-17(22)21-15-5-1-3-13-4-2-10-19-16(13)15/h1-10H,11H2,(H2,20,21,22). The van der Waals surface area contributed by atoms with Crippen LogP contribution in [-0.2, 0) is 6.54 Å². The van der Waals surface area contributed by atoms with Gasteiger partial charge < -0.3 is 10.6 Å². The lowest BCUT2D eigenvalue weighted by atomic mass is 10.2. The molecule has 0 amide bonds. The van der Waals surface area contributed by atoms with Gasteiger partial charge in [-0.25, -0.2) is 4.39 Å². The van der Waals surface area contributed by atoms with Crippen LogP contribution in [-0.4, -0.2) is 10.1 Å². The van der Waals surface area contributed by atoms with Gasteiger partial charge >= 0.3 is 0 Å². The van der Waals surface area contributed by atoms with Gasteiger partial charge in [0.05, 0.1) is 11.2 Å². The van der Waals surface area contributed by atoms with Gasteiger partial charge in [0.15, 0.2) is 5.11 Å². The van der Waals surface area contributed by atoms with Crippen LogP contribution in [0.15, 0.2) is 60.8 Å². The van der Waals surface area contributed by atoms with Gasteiger partial charge in [0.25, 0.3) is 0 Å². The molecule has 0 fully saturated rings. The average Bonchev–Trinajstić information content (AvgIpc) is 2.55. The van der Waals surface area contributed by atoms with Crippen molar-refractivity contribution in [3.8, 4) is 0 Å². The molecular weight excluding hydrogens is 297 g/mol. The molecule has 110 valence electrons. The van der Waals surface area contributed by atoms with Crippen molar-refractivity contribution in [3.63, 3.8) is 0 Å². The number of pyridine rings is 1. The van der Waals surface area contributed by atoms with Crippen LogP contribution in [0.5, 0.6) is 0 Å². The molecule has 0 aliphatic heterocycles. The first-order valence-electron chi connectivity index (χ1n) is 6.85. The second-order valence-corrected chi connectivity index (χ2v) is 5.22. The number of para-hydroxylation sites is 1. The molecule has 0 unspecified atom stereocenters. The van der Waals surface area contributed by atoms with E-state index in [1.54, 1.807) is 18.3 Å². The van der Waals surface area contributed by atoms with E-state index in [0.717, 1.165) is 22.2 Å². The highest BCUT2D eigenvalue weighted by atomic mass is 32.1. The van der Waals surface area contributed by atoms with Gasteiger partial charge in [-0.2, -0.15) is 0 Å². The second-order valence-electron chi connectivity index (χ2n) is 4.81. The molecule has 3 rings (SSSR count). The van der Waals surface area contributed by atoms with Gasteiger partial charge in [-0.3, -0.25) is 4.98 Å².